The number of rotatable bonds is 2. The first-order valence-corrected chi connectivity index (χ1v) is 6.77. The van der Waals surface area contributed by atoms with Gasteiger partial charge in [0.15, 0.2) is 0 Å². The number of aliphatic hydroxyl groups is 1. The topological polar surface area (TPSA) is 40.5 Å². The number of hydrogen-bond donors (Lipinski definition) is 1. The van der Waals surface area contributed by atoms with Gasteiger partial charge in [0.05, 0.1) is 17.1 Å². The van der Waals surface area contributed by atoms with Gasteiger partial charge in [-0.3, -0.25) is 4.79 Å². The monoisotopic (exact) mass is 301 g/mol. The fourth-order valence-corrected chi connectivity index (χ4v) is 2.53. The fourth-order valence-electron chi connectivity index (χ4n) is 2.53. The number of halogens is 3. The van der Waals surface area contributed by atoms with E-state index in [2.05, 4.69) is 0 Å². The van der Waals surface area contributed by atoms with E-state index < -0.39 is 23.3 Å². The molecule has 1 atom stereocenters. The van der Waals surface area contributed by atoms with Crippen LogP contribution in [0, 0.1) is 0 Å². The molecule has 1 aliphatic heterocycles. The minimum Gasteiger partial charge on any atom is -0.391 e. The van der Waals surface area contributed by atoms with Crippen molar-refractivity contribution in [2.45, 2.75) is 38.0 Å². The highest BCUT2D eigenvalue weighted by molar-refractivity contribution is 5.87. The lowest BCUT2D eigenvalue weighted by Crippen LogP contribution is -2.42. The van der Waals surface area contributed by atoms with Crippen LogP contribution in [0.4, 0.5) is 13.2 Å². The zero-order valence-electron chi connectivity index (χ0n) is 11.9. The molecule has 1 aromatic carbocycles. The lowest BCUT2D eigenvalue weighted by atomic mass is 9.82. The molecule has 0 bridgehead atoms. The Hall–Kier alpha value is -1.56. The summed E-state index contributed by atoms with van der Waals surface area (Å²) in [6.07, 6.45) is -4.48. The van der Waals surface area contributed by atoms with Gasteiger partial charge in [-0.25, -0.2) is 0 Å². The number of nitrogens with zero attached hydrogens (tertiary/aromatic N) is 1. The molecule has 0 aromatic heterocycles. The minimum atomic E-state index is -4.43. The van der Waals surface area contributed by atoms with Crippen molar-refractivity contribution in [2.75, 3.05) is 13.1 Å². The zero-order valence-corrected chi connectivity index (χ0v) is 11.9. The van der Waals surface area contributed by atoms with Crippen LogP contribution >= 0.6 is 0 Å². The van der Waals surface area contributed by atoms with Gasteiger partial charge in [0, 0.05) is 13.1 Å². The van der Waals surface area contributed by atoms with Crippen molar-refractivity contribution in [2.24, 2.45) is 0 Å². The molecule has 0 spiro atoms. The maximum Gasteiger partial charge on any atom is 0.416 e. The third kappa shape index (κ3) is 3.20. The Morgan fingerprint density at radius 2 is 1.90 bits per heavy atom. The zero-order chi connectivity index (χ0) is 15.8. The second-order valence-corrected chi connectivity index (χ2v) is 5.90. The summed E-state index contributed by atoms with van der Waals surface area (Å²) in [4.78, 5) is 14.0. The van der Waals surface area contributed by atoms with E-state index in [0.29, 0.717) is 18.5 Å². The van der Waals surface area contributed by atoms with E-state index in [1.54, 1.807) is 13.8 Å². The molecule has 0 unspecified atom stereocenters. The molecule has 1 aliphatic rings. The maximum absolute atomic E-state index is 12.8. The van der Waals surface area contributed by atoms with Crippen LogP contribution in [0.15, 0.2) is 24.3 Å². The Labute approximate surface area is 121 Å². The number of likely N-dealkylation sites (tertiary alicyclic amines) is 1. The summed E-state index contributed by atoms with van der Waals surface area (Å²) in [6, 6.07) is 4.85. The second-order valence-electron chi connectivity index (χ2n) is 5.90. The number of β-amino-alcohol motifs (C(OH)–C–C–N with tert-alkyl or cyclic N) is 1. The lowest BCUT2D eigenvalue weighted by molar-refractivity contribution is -0.138. The molecule has 1 saturated heterocycles. The molecule has 0 radical (unpaired) electrons. The third-order valence-electron chi connectivity index (χ3n) is 3.90. The first kappa shape index (κ1) is 15.8. The molecular formula is C15H18F3NO2. The van der Waals surface area contributed by atoms with Crippen LogP contribution < -0.4 is 0 Å². The van der Waals surface area contributed by atoms with E-state index in [1.807, 2.05) is 0 Å². The van der Waals surface area contributed by atoms with Crippen molar-refractivity contribution in [3.05, 3.63) is 35.4 Å². The first-order valence-electron chi connectivity index (χ1n) is 6.77. The third-order valence-corrected chi connectivity index (χ3v) is 3.90. The van der Waals surface area contributed by atoms with Crippen LogP contribution in [0.1, 0.15) is 31.4 Å². The molecule has 6 heteroatoms. The summed E-state index contributed by atoms with van der Waals surface area (Å²) >= 11 is 0. The predicted molar refractivity (Wildman–Crippen MR) is 71.7 cm³/mol. The van der Waals surface area contributed by atoms with Gasteiger partial charge >= 0.3 is 6.18 Å². The molecule has 2 rings (SSSR count). The summed E-state index contributed by atoms with van der Waals surface area (Å²) in [7, 11) is 0. The number of carbonyl (C=O) groups is 1. The molecule has 21 heavy (non-hydrogen) atoms. The van der Waals surface area contributed by atoms with E-state index in [0.717, 1.165) is 12.1 Å². The highest BCUT2D eigenvalue weighted by Crippen LogP contribution is 2.34. The number of carbonyl (C=O) groups excluding carboxylic acids is 1. The molecular weight excluding hydrogens is 283 g/mol. The average Bonchev–Trinajstić information content (AvgIpc) is 2.83. The van der Waals surface area contributed by atoms with E-state index in [4.69, 9.17) is 0 Å². The number of alkyl halides is 3. The largest absolute Gasteiger partial charge is 0.416 e. The fraction of sp³-hybridized carbons (Fsp3) is 0.533. The van der Waals surface area contributed by atoms with E-state index in [9.17, 15) is 23.1 Å². The molecule has 0 aliphatic carbocycles. The van der Waals surface area contributed by atoms with Gasteiger partial charge in [0.25, 0.3) is 0 Å². The number of benzene rings is 1. The molecule has 1 N–H and O–H groups in total. The minimum absolute atomic E-state index is 0.237. The van der Waals surface area contributed by atoms with Crippen molar-refractivity contribution in [3.8, 4) is 0 Å². The Morgan fingerprint density at radius 1 is 1.29 bits per heavy atom. The molecule has 1 amide bonds. The molecule has 116 valence electrons. The van der Waals surface area contributed by atoms with Gasteiger partial charge in [-0.1, -0.05) is 18.2 Å². The number of aliphatic hydroxyl groups excluding tert-OH is 1. The quantitative estimate of drug-likeness (QED) is 0.912. The van der Waals surface area contributed by atoms with Crippen LogP contribution in [-0.4, -0.2) is 35.1 Å². The smallest absolute Gasteiger partial charge is 0.391 e. The van der Waals surface area contributed by atoms with Crippen LogP contribution in [0.25, 0.3) is 0 Å². The summed E-state index contributed by atoms with van der Waals surface area (Å²) < 4.78 is 38.3. The Balaban J connectivity index is 2.29. The summed E-state index contributed by atoms with van der Waals surface area (Å²) in [5.74, 6) is -0.265. The number of amides is 1. The first-order chi connectivity index (χ1) is 9.62. The predicted octanol–water partition coefficient (Wildman–Crippen LogP) is 2.58. The SMILES string of the molecule is CC(C)(C(=O)N1CC[C@@H](O)C1)c1cccc(C(F)(F)F)c1. The van der Waals surface area contributed by atoms with E-state index in [-0.39, 0.29) is 12.5 Å². The average molecular weight is 301 g/mol. The van der Waals surface area contributed by atoms with Gasteiger partial charge in [-0.15, -0.1) is 0 Å². The van der Waals surface area contributed by atoms with Crippen molar-refractivity contribution in [3.63, 3.8) is 0 Å². The summed E-state index contributed by atoms with van der Waals surface area (Å²) in [5, 5.41) is 9.49. The van der Waals surface area contributed by atoms with Crippen LogP contribution in [0.2, 0.25) is 0 Å². The van der Waals surface area contributed by atoms with Crippen molar-refractivity contribution in [1.82, 2.24) is 4.90 Å². The molecule has 1 fully saturated rings. The Kier molecular flexibility index (Phi) is 4.02. The normalized spacial score (nSPS) is 19.9. The highest BCUT2D eigenvalue weighted by Gasteiger charge is 2.38. The maximum atomic E-state index is 12.8. The van der Waals surface area contributed by atoms with Gasteiger partial charge in [0.2, 0.25) is 5.91 Å². The molecule has 0 saturated carbocycles. The highest BCUT2D eigenvalue weighted by atomic mass is 19.4. The van der Waals surface area contributed by atoms with Crippen LogP contribution in [-0.2, 0) is 16.4 Å². The Morgan fingerprint density at radius 3 is 2.43 bits per heavy atom. The van der Waals surface area contributed by atoms with Crippen molar-refractivity contribution >= 4 is 5.91 Å². The van der Waals surface area contributed by atoms with Gasteiger partial charge in [-0.05, 0) is 31.9 Å². The van der Waals surface area contributed by atoms with Gasteiger partial charge in [-0.2, -0.15) is 13.2 Å². The molecule has 1 heterocycles. The standard InChI is InChI=1S/C15H18F3NO2/c1-14(2,13(21)19-7-6-12(20)9-19)10-4-3-5-11(8-10)15(16,17)18/h3-5,8,12,20H,6-7,9H2,1-2H3/t12-/m1/s1. The van der Waals surface area contributed by atoms with Gasteiger partial charge < -0.3 is 10.0 Å². The summed E-state index contributed by atoms with van der Waals surface area (Å²) in [5.41, 5.74) is -1.50. The molecule has 1 aromatic rings. The van der Waals surface area contributed by atoms with Gasteiger partial charge in [0.1, 0.15) is 0 Å². The van der Waals surface area contributed by atoms with Crippen molar-refractivity contribution < 1.29 is 23.1 Å². The van der Waals surface area contributed by atoms with E-state index in [1.165, 1.54) is 17.0 Å². The van der Waals surface area contributed by atoms with E-state index >= 15 is 0 Å². The lowest BCUT2D eigenvalue weighted by Gasteiger charge is -2.30. The number of hydrogen-bond acceptors (Lipinski definition) is 2. The van der Waals surface area contributed by atoms with Crippen LogP contribution in [0.3, 0.4) is 0 Å². The van der Waals surface area contributed by atoms with Crippen molar-refractivity contribution in [1.29, 1.82) is 0 Å². The van der Waals surface area contributed by atoms with Crippen LogP contribution in [0.5, 0.6) is 0 Å². The summed E-state index contributed by atoms with van der Waals surface area (Å²) in [6.45, 7) is 3.88. The second kappa shape index (κ2) is 5.33. The Bertz CT molecular complexity index is 540. The molecule has 3 nitrogen and oxygen atoms in total.